The molecule has 3 fully saturated rings. The summed E-state index contributed by atoms with van der Waals surface area (Å²) >= 11 is 0. The molecule has 5 atom stereocenters. The van der Waals surface area contributed by atoms with Gasteiger partial charge in [0, 0.05) is 93.2 Å². The Labute approximate surface area is 445 Å². The van der Waals surface area contributed by atoms with Crippen molar-refractivity contribution in [2.45, 2.75) is 129 Å². The van der Waals surface area contributed by atoms with E-state index in [4.69, 9.17) is 19.2 Å². The number of piperazine rings is 1. The second-order valence-corrected chi connectivity index (χ2v) is 23.2. The van der Waals surface area contributed by atoms with Crippen LogP contribution in [0.3, 0.4) is 0 Å². The number of rotatable bonds is 14. The Bertz CT molecular complexity index is 3170. The molecule has 15 heteroatoms. The van der Waals surface area contributed by atoms with Crippen LogP contribution in [0.5, 0.6) is 5.75 Å². The van der Waals surface area contributed by atoms with E-state index >= 15 is 0 Å². The lowest BCUT2D eigenvalue weighted by Crippen LogP contribution is -2.57. The number of unbranched alkanes of at least 4 members (excludes halogenated alkanes) is 3. The van der Waals surface area contributed by atoms with Crippen LogP contribution in [0, 0.1) is 17.3 Å². The van der Waals surface area contributed by atoms with Gasteiger partial charge in [0.2, 0.25) is 0 Å². The number of allylic oxidation sites excluding steroid dienone is 4. The number of benzene rings is 2. The molecule has 400 valence electrons. The molecule has 76 heavy (non-hydrogen) atoms. The fourth-order valence-electron chi connectivity index (χ4n) is 14.6. The minimum Gasteiger partial charge on any atom is -0.460 e. The topological polar surface area (TPSA) is 161 Å². The molecule has 2 aromatic carbocycles. The van der Waals surface area contributed by atoms with E-state index in [0.717, 1.165) is 117 Å². The summed E-state index contributed by atoms with van der Waals surface area (Å²) < 4.78 is 19.2. The van der Waals surface area contributed by atoms with Crippen LogP contribution in [-0.4, -0.2) is 120 Å². The first-order chi connectivity index (χ1) is 36.5. The van der Waals surface area contributed by atoms with Gasteiger partial charge < -0.3 is 33.5 Å². The average molecular weight is 1030 g/mol. The maximum absolute atomic E-state index is 13.7. The monoisotopic (exact) mass is 1030 g/mol. The van der Waals surface area contributed by atoms with Crippen molar-refractivity contribution < 1.29 is 38.2 Å². The van der Waals surface area contributed by atoms with Crippen molar-refractivity contribution in [3.05, 3.63) is 109 Å². The third-order valence-electron chi connectivity index (χ3n) is 18.4. The number of amides is 1. The van der Waals surface area contributed by atoms with E-state index in [1.165, 1.54) is 29.2 Å². The summed E-state index contributed by atoms with van der Waals surface area (Å²) in [6, 6.07) is 16.7. The zero-order chi connectivity index (χ0) is 53.2. The summed E-state index contributed by atoms with van der Waals surface area (Å²) in [5.41, 5.74) is 9.75. The fourth-order valence-corrected chi connectivity index (χ4v) is 14.6. The molecule has 0 radical (unpaired) electrons. The van der Waals surface area contributed by atoms with Crippen LogP contribution in [0.2, 0.25) is 0 Å². The highest BCUT2D eigenvalue weighted by Gasteiger charge is 2.67. The molecule has 1 saturated heterocycles. The molecule has 3 unspecified atom stereocenters. The molecule has 0 N–H and O–H groups in total. The second kappa shape index (κ2) is 20.5. The number of hydrogen-bond donors (Lipinski definition) is 0. The molecule has 4 aromatic rings. The molecular weight excluding hydrogens is 961 g/mol. The van der Waals surface area contributed by atoms with Crippen LogP contribution >= 0.6 is 0 Å². The molecular formula is C61H72N6O9. The van der Waals surface area contributed by atoms with Gasteiger partial charge in [-0.15, -0.1) is 0 Å². The van der Waals surface area contributed by atoms with E-state index in [9.17, 15) is 28.8 Å². The second-order valence-electron chi connectivity index (χ2n) is 23.2. The normalized spacial score (nSPS) is 24.8. The maximum Gasteiger partial charge on any atom is 0.415 e. The molecule has 2 aromatic heterocycles. The van der Waals surface area contributed by atoms with Crippen molar-refractivity contribution in [3.63, 3.8) is 0 Å². The number of Topliss-reactive ketones (excluding diaryl/α,β-unsaturated/α-hetero) is 1. The van der Waals surface area contributed by atoms with Gasteiger partial charge in [-0.2, -0.15) is 0 Å². The van der Waals surface area contributed by atoms with Gasteiger partial charge in [-0.1, -0.05) is 37.5 Å². The SMILES string of the molecule is CC(=O)O[C@]1(C(C)=O)CC[C@H]2C3CCC4=CC(=O)CCC4=C3C(c3ccc(N(C)CCCCCCN4CCN(C(=O)Oc5ccc6nc7c(cc6c5CN(C)C)Cn5c-7cc6c(c5=O)COC(=O)C6)CC4)cc3)CC21C. The number of anilines is 1. The van der Waals surface area contributed by atoms with Crippen LogP contribution in [0.4, 0.5) is 10.5 Å². The number of fused-ring (bicyclic) bond motifs is 9. The Hall–Kier alpha value is -6.45. The Morgan fingerprint density at radius 3 is 2.41 bits per heavy atom. The highest BCUT2D eigenvalue weighted by molar-refractivity contribution is 5.93. The Morgan fingerprint density at radius 2 is 1.66 bits per heavy atom. The number of carbonyl (C=O) groups is 5. The Balaban J connectivity index is 0.669. The zero-order valence-corrected chi connectivity index (χ0v) is 45.1. The predicted molar refractivity (Wildman–Crippen MR) is 289 cm³/mol. The van der Waals surface area contributed by atoms with Gasteiger partial charge in [-0.25, -0.2) is 9.78 Å². The molecule has 2 saturated carbocycles. The first-order valence-corrected chi connectivity index (χ1v) is 27.7. The molecule has 0 spiro atoms. The van der Waals surface area contributed by atoms with Crippen molar-refractivity contribution >= 4 is 46.2 Å². The summed E-state index contributed by atoms with van der Waals surface area (Å²) in [6.45, 7) is 10.8. The molecule has 0 bridgehead atoms. The third kappa shape index (κ3) is 9.28. The van der Waals surface area contributed by atoms with Crippen LogP contribution in [-0.2, 0) is 54.8 Å². The number of ketones is 2. The molecule has 7 aliphatic rings. The van der Waals surface area contributed by atoms with Gasteiger partial charge in [0.25, 0.3) is 5.56 Å². The predicted octanol–water partition coefficient (Wildman–Crippen LogP) is 8.69. The van der Waals surface area contributed by atoms with Crippen molar-refractivity contribution in [3.8, 4) is 17.1 Å². The van der Waals surface area contributed by atoms with Gasteiger partial charge in [0.05, 0.1) is 35.4 Å². The number of cyclic esters (lactones) is 1. The number of pyridine rings is 2. The van der Waals surface area contributed by atoms with Crippen molar-refractivity contribution in [2.75, 3.05) is 65.3 Å². The van der Waals surface area contributed by atoms with Crippen molar-refractivity contribution in [1.29, 1.82) is 0 Å². The van der Waals surface area contributed by atoms with E-state index in [1.807, 2.05) is 43.3 Å². The lowest BCUT2D eigenvalue weighted by Gasteiger charge is -2.55. The summed E-state index contributed by atoms with van der Waals surface area (Å²) in [7, 11) is 6.11. The van der Waals surface area contributed by atoms with Crippen molar-refractivity contribution in [1.82, 2.24) is 24.3 Å². The number of ether oxygens (including phenoxy) is 3. The number of esters is 2. The fraction of sp³-hybridized carbons (Fsp3) is 0.525. The minimum absolute atomic E-state index is 0.0140. The third-order valence-corrected chi connectivity index (χ3v) is 18.4. The lowest BCUT2D eigenvalue weighted by atomic mass is 9.50. The van der Waals surface area contributed by atoms with Crippen molar-refractivity contribution in [2.24, 2.45) is 17.3 Å². The largest absolute Gasteiger partial charge is 0.460 e. The standard InChI is InChI=1S/C61H72N6O9/c1-37(68)61(76-38(2)69)22-21-51-46-17-13-40-29-44(70)16-18-45(40)56(46)48(33-60(51,61)3)39-11-14-43(15-12-39)64(6)23-9-7-8-10-24-65-25-27-66(28-26-65)59(73)75-54-20-19-52-47(49(54)35-63(4)5)30-42-34-67-53(57(42)62-52)31-41-32-55(71)74-36-50(41)58(67)72/h11-12,14-15,19-20,29-31,46,48,51H,7-10,13,16-18,21-28,32-36H2,1-6H3/t46?,48?,51-,60?,61-/m0/s1. The quantitative estimate of drug-likeness (QED) is 0.0769. The van der Waals surface area contributed by atoms with E-state index in [-0.39, 0.29) is 60.0 Å². The smallest absolute Gasteiger partial charge is 0.415 e. The summed E-state index contributed by atoms with van der Waals surface area (Å²) in [5.74, 6) is 0.491. The van der Waals surface area contributed by atoms with E-state index in [1.54, 1.807) is 16.4 Å². The Morgan fingerprint density at radius 1 is 0.882 bits per heavy atom. The van der Waals surface area contributed by atoms with E-state index in [0.29, 0.717) is 61.6 Å². The molecule has 4 aliphatic carbocycles. The first-order valence-electron chi connectivity index (χ1n) is 27.7. The minimum atomic E-state index is -1.13. The number of hydrogen-bond acceptors (Lipinski definition) is 13. The van der Waals surface area contributed by atoms with Crippen LogP contribution < -0.4 is 15.2 Å². The van der Waals surface area contributed by atoms with Gasteiger partial charge in [0.1, 0.15) is 12.4 Å². The number of aromatic nitrogens is 2. The number of nitrogens with zero attached hydrogens (tertiary/aromatic N) is 6. The van der Waals surface area contributed by atoms with Gasteiger partial charge in [-0.05, 0) is 156 Å². The van der Waals surface area contributed by atoms with Gasteiger partial charge in [0.15, 0.2) is 17.2 Å². The highest BCUT2D eigenvalue weighted by Crippen LogP contribution is 2.68. The maximum atomic E-state index is 13.7. The Kier molecular flexibility index (Phi) is 13.9. The summed E-state index contributed by atoms with van der Waals surface area (Å²) in [4.78, 5) is 91.7. The van der Waals surface area contributed by atoms with Gasteiger partial charge >= 0.3 is 18.0 Å². The molecule has 11 rings (SSSR count). The zero-order valence-electron chi connectivity index (χ0n) is 45.1. The van der Waals surface area contributed by atoms with Crippen LogP contribution in [0.1, 0.15) is 125 Å². The average Bonchev–Trinajstić information content (AvgIpc) is 4.02. The summed E-state index contributed by atoms with van der Waals surface area (Å²) in [5, 5.41) is 0.871. The van der Waals surface area contributed by atoms with E-state index in [2.05, 4.69) is 54.1 Å². The van der Waals surface area contributed by atoms with Crippen LogP contribution in [0.25, 0.3) is 22.3 Å². The molecule has 5 heterocycles. The first kappa shape index (κ1) is 51.6. The van der Waals surface area contributed by atoms with Gasteiger partial charge in [-0.3, -0.25) is 28.9 Å². The highest BCUT2D eigenvalue weighted by atomic mass is 16.6. The van der Waals surface area contributed by atoms with E-state index < -0.39 is 17.0 Å². The molecule has 1 amide bonds. The summed E-state index contributed by atoms with van der Waals surface area (Å²) in [6.07, 6.45) is 11.3. The lowest BCUT2D eigenvalue weighted by molar-refractivity contribution is -0.182. The van der Waals surface area contributed by atoms with Crippen LogP contribution in [0.15, 0.2) is 76.1 Å². The molecule has 3 aliphatic heterocycles. The molecule has 15 nitrogen and oxygen atoms in total. The number of carbonyl (C=O) groups excluding carboxylic acids is 5.